The summed E-state index contributed by atoms with van der Waals surface area (Å²) in [6, 6.07) is 17.8. The predicted molar refractivity (Wildman–Crippen MR) is 105 cm³/mol. The van der Waals surface area contributed by atoms with E-state index in [1.165, 1.54) is 6.20 Å². The molecule has 0 aliphatic rings. The molecule has 0 spiro atoms. The summed E-state index contributed by atoms with van der Waals surface area (Å²) in [5.74, 6) is 0.533. The van der Waals surface area contributed by atoms with E-state index >= 15 is 0 Å². The van der Waals surface area contributed by atoms with E-state index in [1.54, 1.807) is 11.1 Å². The molecule has 0 fully saturated rings. The lowest BCUT2D eigenvalue weighted by molar-refractivity contribution is 0.0983. The Labute approximate surface area is 153 Å². The molecule has 1 heterocycles. The number of aryl methyl sites for hydroxylation is 1. The van der Waals surface area contributed by atoms with Gasteiger partial charge < -0.3 is 9.80 Å². The quantitative estimate of drug-likeness (QED) is 0.694. The van der Waals surface area contributed by atoms with Gasteiger partial charge in [-0.2, -0.15) is 0 Å². The minimum absolute atomic E-state index is 0.153. The number of hydrogen-bond acceptors (Lipinski definition) is 4. The van der Waals surface area contributed by atoms with Crippen molar-refractivity contribution >= 4 is 23.1 Å². The summed E-state index contributed by atoms with van der Waals surface area (Å²) in [6.07, 6.45) is 3.17. The zero-order valence-corrected chi connectivity index (χ0v) is 15.3. The topological polar surface area (TPSA) is 49.3 Å². The number of aromatic nitrogens is 2. The lowest BCUT2D eigenvalue weighted by Crippen LogP contribution is -2.31. The number of para-hydroxylation sites is 1. The van der Waals surface area contributed by atoms with E-state index in [-0.39, 0.29) is 5.91 Å². The van der Waals surface area contributed by atoms with Gasteiger partial charge in [0.2, 0.25) is 0 Å². The molecule has 2 aromatic carbocycles. The van der Waals surface area contributed by atoms with Crippen LogP contribution in [0.25, 0.3) is 0 Å². The summed E-state index contributed by atoms with van der Waals surface area (Å²) in [6.45, 7) is 4.52. The Morgan fingerprint density at radius 1 is 0.962 bits per heavy atom. The molecule has 0 unspecified atom stereocenters. The second-order valence-corrected chi connectivity index (χ2v) is 6.04. The standard InChI is InChI=1S/C21H22N4O/c1-4-25(18-12-8-9-16(2)13-18)21(26)19-14-23-20(15-22-19)24(3)17-10-6-5-7-11-17/h5-15H,4H2,1-3H3. The van der Waals surface area contributed by atoms with Crippen molar-refractivity contribution in [3.8, 4) is 0 Å². The molecule has 0 saturated heterocycles. The maximum Gasteiger partial charge on any atom is 0.278 e. The van der Waals surface area contributed by atoms with Crippen LogP contribution in [0.5, 0.6) is 0 Å². The van der Waals surface area contributed by atoms with Crippen molar-refractivity contribution < 1.29 is 4.79 Å². The molecule has 3 rings (SSSR count). The summed E-state index contributed by atoms with van der Waals surface area (Å²) < 4.78 is 0. The lowest BCUT2D eigenvalue weighted by atomic mass is 10.2. The first-order chi connectivity index (χ1) is 12.6. The number of carbonyl (C=O) groups is 1. The molecular weight excluding hydrogens is 324 g/mol. The van der Waals surface area contributed by atoms with E-state index in [9.17, 15) is 4.79 Å². The molecule has 0 aliphatic carbocycles. The fourth-order valence-corrected chi connectivity index (χ4v) is 2.77. The molecule has 5 heteroatoms. The Hall–Kier alpha value is -3.21. The molecule has 0 radical (unpaired) electrons. The third-order valence-electron chi connectivity index (χ3n) is 4.22. The van der Waals surface area contributed by atoms with Gasteiger partial charge in [0.15, 0.2) is 5.82 Å². The van der Waals surface area contributed by atoms with Crippen LogP contribution in [0.4, 0.5) is 17.2 Å². The molecule has 5 nitrogen and oxygen atoms in total. The van der Waals surface area contributed by atoms with Crippen LogP contribution in [-0.4, -0.2) is 29.5 Å². The number of carbonyl (C=O) groups excluding carboxylic acids is 1. The van der Waals surface area contributed by atoms with E-state index < -0.39 is 0 Å². The molecular formula is C21H22N4O. The summed E-state index contributed by atoms with van der Waals surface area (Å²) in [7, 11) is 1.92. The lowest BCUT2D eigenvalue weighted by Gasteiger charge is -2.21. The van der Waals surface area contributed by atoms with Gasteiger partial charge in [0.05, 0.1) is 12.4 Å². The summed E-state index contributed by atoms with van der Waals surface area (Å²) in [4.78, 5) is 25.3. The Morgan fingerprint density at radius 3 is 2.31 bits per heavy atom. The van der Waals surface area contributed by atoms with Crippen molar-refractivity contribution in [3.63, 3.8) is 0 Å². The van der Waals surface area contributed by atoms with Crippen LogP contribution in [-0.2, 0) is 0 Å². The van der Waals surface area contributed by atoms with Crippen LogP contribution in [0.2, 0.25) is 0 Å². The van der Waals surface area contributed by atoms with Gasteiger partial charge in [0.1, 0.15) is 5.69 Å². The average Bonchev–Trinajstić information content (AvgIpc) is 2.69. The normalized spacial score (nSPS) is 10.4. The average molecular weight is 346 g/mol. The highest BCUT2D eigenvalue weighted by molar-refractivity contribution is 6.04. The van der Waals surface area contributed by atoms with Crippen LogP contribution in [0, 0.1) is 6.92 Å². The van der Waals surface area contributed by atoms with Crippen LogP contribution in [0.1, 0.15) is 23.0 Å². The Bertz CT molecular complexity index is 878. The van der Waals surface area contributed by atoms with Crippen molar-refractivity contribution in [2.45, 2.75) is 13.8 Å². The van der Waals surface area contributed by atoms with Crippen LogP contribution in [0.15, 0.2) is 67.0 Å². The maximum absolute atomic E-state index is 12.8. The van der Waals surface area contributed by atoms with Gasteiger partial charge in [-0.25, -0.2) is 9.97 Å². The van der Waals surface area contributed by atoms with Crippen LogP contribution < -0.4 is 9.80 Å². The highest BCUT2D eigenvalue weighted by atomic mass is 16.2. The third-order valence-corrected chi connectivity index (χ3v) is 4.22. The molecule has 3 aromatic rings. The van der Waals surface area contributed by atoms with E-state index in [1.807, 2.05) is 80.4 Å². The fraction of sp³-hybridized carbons (Fsp3) is 0.190. The van der Waals surface area contributed by atoms with E-state index in [2.05, 4.69) is 9.97 Å². The Morgan fingerprint density at radius 2 is 1.69 bits per heavy atom. The minimum atomic E-state index is -0.153. The monoisotopic (exact) mass is 346 g/mol. The summed E-state index contributed by atoms with van der Waals surface area (Å²) in [5.41, 5.74) is 3.32. The molecule has 26 heavy (non-hydrogen) atoms. The molecule has 0 N–H and O–H groups in total. The molecule has 0 saturated carbocycles. The molecule has 132 valence electrons. The predicted octanol–water partition coefficient (Wildman–Crippen LogP) is 4.22. The highest BCUT2D eigenvalue weighted by Gasteiger charge is 2.18. The second kappa shape index (κ2) is 7.78. The number of benzene rings is 2. The minimum Gasteiger partial charge on any atom is -0.328 e. The van der Waals surface area contributed by atoms with Crippen molar-refractivity contribution in [2.75, 3.05) is 23.4 Å². The fourth-order valence-electron chi connectivity index (χ4n) is 2.77. The van der Waals surface area contributed by atoms with E-state index in [0.717, 1.165) is 16.9 Å². The van der Waals surface area contributed by atoms with Gasteiger partial charge in [0.25, 0.3) is 5.91 Å². The van der Waals surface area contributed by atoms with Crippen molar-refractivity contribution in [1.29, 1.82) is 0 Å². The van der Waals surface area contributed by atoms with Crippen molar-refractivity contribution in [3.05, 3.63) is 78.2 Å². The van der Waals surface area contributed by atoms with E-state index in [0.29, 0.717) is 18.1 Å². The largest absolute Gasteiger partial charge is 0.328 e. The zero-order chi connectivity index (χ0) is 18.5. The van der Waals surface area contributed by atoms with Gasteiger partial charge in [-0.05, 0) is 43.7 Å². The zero-order valence-electron chi connectivity index (χ0n) is 15.3. The van der Waals surface area contributed by atoms with Gasteiger partial charge >= 0.3 is 0 Å². The highest BCUT2D eigenvalue weighted by Crippen LogP contribution is 2.21. The number of nitrogens with zero attached hydrogens (tertiary/aromatic N) is 4. The number of amides is 1. The Kier molecular flexibility index (Phi) is 5.27. The first-order valence-corrected chi connectivity index (χ1v) is 8.59. The van der Waals surface area contributed by atoms with Gasteiger partial charge in [0, 0.05) is 25.0 Å². The van der Waals surface area contributed by atoms with E-state index in [4.69, 9.17) is 0 Å². The van der Waals surface area contributed by atoms with Crippen molar-refractivity contribution in [2.24, 2.45) is 0 Å². The van der Waals surface area contributed by atoms with Crippen molar-refractivity contribution in [1.82, 2.24) is 9.97 Å². The molecule has 0 aliphatic heterocycles. The molecule has 1 amide bonds. The Balaban J connectivity index is 1.82. The number of hydrogen-bond donors (Lipinski definition) is 0. The van der Waals surface area contributed by atoms with Gasteiger partial charge in [-0.3, -0.25) is 4.79 Å². The van der Waals surface area contributed by atoms with Crippen LogP contribution in [0.3, 0.4) is 0 Å². The third kappa shape index (κ3) is 3.72. The molecule has 0 atom stereocenters. The maximum atomic E-state index is 12.8. The smallest absolute Gasteiger partial charge is 0.278 e. The second-order valence-electron chi connectivity index (χ2n) is 6.04. The van der Waals surface area contributed by atoms with Gasteiger partial charge in [-0.1, -0.05) is 30.3 Å². The summed E-state index contributed by atoms with van der Waals surface area (Å²) in [5, 5.41) is 0. The molecule has 0 bridgehead atoms. The SMILES string of the molecule is CCN(C(=O)c1cnc(N(C)c2ccccc2)cn1)c1cccc(C)c1. The first kappa shape index (κ1) is 17.6. The molecule has 1 aromatic heterocycles. The first-order valence-electron chi connectivity index (χ1n) is 8.59. The van der Waals surface area contributed by atoms with Crippen LogP contribution >= 0.6 is 0 Å². The summed E-state index contributed by atoms with van der Waals surface area (Å²) >= 11 is 0. The number of anilines is 3. The number of rotatable bonds is 5. The van der Waals surface area contributed by atoms with Gasteiger partial charge in [-0.15, -0.1) is 0 Å².